The van der Waals surface area contributed by atoms with Gasteiger partial charge in [0.2, 0.25) is 0 Å². The molecule has 0 aromatic rings. The lowest BCUT2D eigenvalue weighted by Crippen LogP contribution is -1.56. The second kappa shape index (κ2) is 5.02. The van der Waals surface area contributed by atoms with Crippen molar-refractivity contribution in [3.8, 4) is 0 Å². The van der Waals surface area contributed by atoms with E-state index in [9.17, 15) is 0 Å². The van der Waals surface area contributed by atoms with E-state index in [4.69, 9.17) is 9.46 Å². The van der Waals surface area contributed by atoms with E-state index in [-0.39, 0.29) is 0 Å². The van der Waals surface area contributed by atoms with Crippen LogP contribution in [0.1, 0.15) is 0 Å². The molecule has 1 heterocycles. The van der Waals surface area contributed by atoms with Crippen LogP contribution in [0.4, 0.5) is 0 Å². The van der Waals surface area contributed by atoms with Crippen molar-refractivity contribution in [3.05, 3.63) is 0 Å². The Labute approximate surface area is 37.7 Å². The molecule has 1 rings (SSSR count). The number of hydrogen-bond acceptors (Lipinski definition) is 2. The van der Waals surface area contributed by atoms with E-state index >= 15 is 0 Å². The predicted molar refractivity (Wildman–Crippen MR) is 22.7 cm³/mol. The molecule has 0 aliphatic carbocycles. The van der Waals surface area contributed by atoms with Gasteiger partial charge in [0.1, 0.15) is 0 Å². The van der Waals surface area contributed by atoms with Crippen molar-refractivity contribution in [2.45, 2.75) is 0 Å². The molecule has 3 nitrogen and oxygen atoms in total. The summed E-state index contributed by atoms with van der Waals surface area (Å²) in [5.74, 6) is 0. The van der Waals surface area contributed by atoms with Gasteiger partial charge in [0, 0.05) is 13.1 Å². The van der Waals surface area contributed by atoms with Gasteiger partial charge >= 0.3 is 8.69 Å². The zero-order valence-electron chi connectivity index (χ0n) is 3.22. The van der Waals surface area contributed by atoms with Crippen LogP contribution in [0.2, 0.25) is 0 Å². The molecule has 0 aromatic heterocycles. The summed E-state index contributed by atoms with van der Waals surface area (Å²) in [6.45, 7) is 2.50. The van der Waals surface area contributed by atoms with Crippen molar-refractivity contribution >= 4 is 8.69 Å². The fourth-order valence-corrected chi connectivity index (χ4v) is 0. The molecule has 1 fully saturated rings. The molecule has 1 aliphatic rings. The Morgan fingerprint density at radius 2 is 1.83 bits per heavy atom. The first-order valence-electron chi connectivity index (χ1n) is 1.59. The minimum Gasteiger partial charge on any atom is -0.314 e. The molecule has 1 aliphatic heterocycles. The maximum atomic E-state index is 8.46. The summed E-state index contributed by atoms with van der Waals surface area (Å²) < 4.78 is 8.46. The SMILES string of the molecule is C1CN1.O=PO. The normalized spacial score (nSPS) is 15.5. The highest BCUT2D eigenvalue weighted by Crippen LogP contribution is 1.66. The number of hydrogen-bond donors (Lipinski definition) is 2. The Kier molecular flexibility index (Phi) is 5.04. The monoisotopic (exact) mass is 107 g/mol. The van der Waals surface area contributed by atoms with Crippen LogP contribution < -0.4 is 5.32 Å². The van der Waals surface area contributed by atoms with Gasteiger partial charge in [-0.15, -0.1) is 0 Å². The highest BCUT2D eigenvalue weighted by atomic mass is 31.1. The van der Waals surface area contributed by atoms with E-state index in [1.54, 1.807) is 0 Å². The van der Waals surface area contributed by atoms with Crippen LogP contribution in [0.5, 0.6) is 0 Å². The van der Waals surface area contributed by atoms with Crippen LogP contribution in [0.3, 0.4) is 0 Å². The summed E-state index contributed by atoms with van der Waals surface area (Å²) in [7, 11) is -0.833. The van der Waals surface area contributed by atoms with Crippen molar-refractivity contribution in [1.82, 2.24) is 5.32 Å². The third-order valence-corrected chi connectivity index (χ3v) is 0.250. The van der Waals surface area contributed by atoms with E-state index < -0.39 is 8.69 Å². The molecule has 1 saturated heterocycles. The number of rotatable bonds is 0. The van der Waals surface area contributed by atoms with Crippen LogP contribution in [-0.2, 0) is 4.57 Å². The summed E-state index contributed by atoms with van der Waals surface area (Å²) in [5.41, 5.74) is 0. The first-order chi connectivity index (χ1) is 2.91. The molecule has 36 valence electrons. The minimum absolute atomic E-state index is 0.833. The van der Waals surface area contributed by atoms with Crippen LogP contribution in [-0.4, -0.2) is 18.0 Å². The minimum atomic E-state index is -0.833. The third kappa shape index (κ3) is 35.2. The van der Waals surface area contributed by atoms with Gasteiger partial charge in [-0.1, -0.05) is 0 Å². The van der Waals surface area contributed by atoms with Crippen molar-refractivity contribution in [2.24, 2.45) is 0 Å². The van der Waals surface area contributed by atoms with Crippen LogP contribution >= 0.6 is 8.69 Å². The second-order valence-electron chi connectivity index (χ2n) is 0.832. The molecular formula is C2H6NO2P. The molecule has 6 heavy (non-hydrogen) atoms. The van der Waals surface area contributed by atoms with Crippen molar-refractivity contribution < 1.29 is 9.46 Å². The average molecular weight is 107 g/mol. The summed E-state index contributed by atoms with van der Waals surface area (Å²) >= 11 is 0. The maximum absolute atomic E-state index is 8.46. The van der Waals surface area contributed by atoms with E-state index in [0.29, 0.717) is 0 Å². The van der Waals surface area contributed by atoms with E-state index in [1.165, 1.54) is 13.1 Å². The summed E-state index contributed by atoms with van der Waals surface area (Å²) in [6, 6.07) is 0. The van der Waals surface area contributed by atoms with Gasteiger partial charge in [0.15, 0.2) is 0 Å². The molecule has 2 N–H and O–H groups in total. The Morgan fingerprint density at radius 1 is 1.67 bits per heavy atom. The highest BCUT2D eigenvalue weighted by Gasteiger charge is 1.91. The van der Waals surface area contributed by atoms with Crippen LogP contribution in [0.15, 0.2) is 0 Å². The third-order valence-electron chi connectivity index (χ3n) is 0.250. The Balaban J connectivity index is 0.0000000833. The maximum Gasteiger partial charge on any atom is 0.324 e. The fraction of sp³-hybridized carbons (Fsp3) is 1.00. The van der Waals surface area contributed by atoms with Gasteiger partial charge in [-0.05, 0) is 0 Å². The lowest BCUT2D eigenvalue weighted by atomic mass is 11.0. The zero-order valence-corrected chi connectivity index (χ0v) is 4.11. The van der Waals surface area contributed by atoms with Crippen LogP contribution in [0.25, 0.3) is 0 Å². The quantitative estimate of drug-likeness (QED) is 0.332. The second-order valence-corrected chi connectivity index (χ2v) is 0.995. The lowest BCUT2D eigenvalue weighted by molar-refractivity contribution is 0.524. The lowest BCUT2D eigenvalue weighted by Gasteiger charge is -1.24. The molecule has 0 spiro atoms. The van der Waals surface area contributed by atoms with Gasteiger partial charge in [-0.3, -0.25) is 0 Å². The van der Waals surface area contributed by atoms with Crippen molar-refractivity contribution in [3.63, 3.8) is 0 Å². The summed E-state index contributed by atoms with van der Waals surface area (Å²) in [4.78, 5) is 6.99. The Bertz CT molecular complexity index is 35.8. The molecular weight excluding hydrogens is 101 g/mol. The molecule has 0 amide bonds. The first-order valence-corrected chi connectivity index (χ1v) is 2.35. The summed E-state index contributed by atoms with van der Waals surface area (Å²) in [5, 5.41) is 3.00. The van der Waals surface area contributed by atoms with Gasteiger partial charge in [0.05, 0.1) is 0 Å². The zero-order chi connectivity index (χ0) is 4.83. The molecule has 4 heteroatoms. The topological polar surface area (TPSA) is 59.2 Å². The average Bonchev–Trinajstić information content (AvgIpc) is 2.11. The van der Waals surface area contributed by atoms with Gasteiger partial charge in [-0.25, -0.2) is 4.57 Å². The molecule has 0 unspecified atom stereocenters. The molecule has 0 bridgehead atoms. The highest BCUT2D eigenvalue weighted by molar-refractivity contribution is 7.16. The van der Waals surface area contributed by atoms with Gasteiger partial charge in [0.25, 0.3) is 0 Å². The van der Waals surface area contributed by atoms with E-state index in [1.807, 2.05) is 0 Å². The standard InChI is InChI=1S/C2H5N.HO2P/c1-2-3-1;1-3-2/h3H,1-2H2;(H,1,2). The molecule has 0 aromatic carbocycles. The number of nitrogens with one attached hydrogen (secondary N) is 1. The van der Waals surface area contributed by atoms with Gasteiger partial charge in [-0.2, -0.15) is 0 Å². The van der Waals surface area contributed by atoms with Crippen LogP contribution in [0, 0.1) is 0 Å². The molecule has 0 radical (unpaired) electrons. The molecule has 0 saturated carbocycles. The van der Waals surface area contributed by atoms with E-state index in [2.05, 4.69) is 5.32 Å². The predicted octanol–water partition coefficient (Wildman–Crippen LogP) is -0.225. The van der Waals surface area contributed by atoms with Crippen molar-refractivity contribution in [2.75, 3.05) is 13.1 Å². The van der Waals surface area contributed by atoms with E-state index in [0.717, 1.165) is 0 Å². The smallest absolute Gasteiger partial charge is 0.314 e. The Hall–Kier alpha value is 0.0200. The van der Waals surface area contributed by atoms with Gasteiger partial charge < -0.3 is 10.2 Å². The largest absolute Gasteiger partial charge is 0.324 e. The Morgan fingerprint density at radius 3 is 1.83 bits per heavy atom. The first kappa shape index (κ1) is 6.02. The summed E-state index contributed by atoms with van der Waals surface area (Å²) in [6.07, 6.45) is 0. The van der Waals surface area contributed by atoms with Crippen molar-refractivity contribution in [1.29, 1.82) is 0 Å². The fourth-order valence-electron chi connectivity index (χ4n) is 0. The molecule has 0 atom stereocenters.